The summed E-state index contributed by atoms with van der Waals surface area (Å²) >= 11 is 0. The molecule has 1 amide bonds. The molecule has 2 unspecified atom stereocenters. The molecule has 18 heavy (non-hydrogen) atoms. The van der Waals surface area contributed by atoms with E-state index in [1.165, 1.54) is 22.3 Å². The topological polar surface area (TPSA) is 81.5 Å². The number of carbonyl (C=O) groups excluding carboxylic acids is 1. The molecule has 1 aromatic carbocycles. The van der Waals surface area contributed by atoms with Gasteiger partial charge in [-0.2, -0.15) is 4.99 Å². The normalized spacial score (nSPS) is 21.5. The van der Waals surface area contributed by atoms with Gasteiger partial charge in [-0.25, -0.2) is 0 Å². The van der Waals surface area contributed by atoms with Crippen molar-refractivity contribution in [1.29, 1.82) is 0 Å². The summed E-state index contributed by atoms with van der Waals surface area (Å²) in [6, 6.07) is 4.31. The third kappa shape index (κ3) is 2.37. The largest absolute Gasteiger partial charge is 0.370 e. The molecule has 0 heterocycles. The van der Waals surface area contributed by atoms with E-state index in [1.807, 2.05) is 0 Å². The minimum atomic E-state index is -0.195. The fraction of sp³-hybridized carbons (Fsp3) is 0.429. The second-order valence-electron chi connectivity index (χ2n) is 5.14. The highest BCUT2D eigenvalue weighted by atomic mass is 16.1. The highest BCUT2D eigenvalue weighted by Gasteiger charge is 2.45. The fourth-order valence-electron chi connectivity index (χ4n) is 2.77. The van der Waals surface area contributed by atoms with Crippen molar-refractivity contribution in [3.63, 3.8) is 0 Å². The summed E-state index contributed by atoms with van der Waals surface area (Å²) in [5, 5.41) is 0. The monoisotopic (exact) mass is 245 g/mol. The number of benzene rings is 1. The van der Waals surface area contributed by atoms with E-state index in [2.05, 4.69) is 37.9 Å². The molecule has 1 aliphatic rings. The summed E-state index contributed by atoms with van der Waals surface area (Å²) in [6.07, 6.45) is 0.848. The third-order valence-electron chi connectivity index (χ3n) is 3.46. The van der Waals surface area contributed by atoms with Gasteiger partial charge in [0.15, 0.2) is 5.96 Å². The van der Waals surface area contributed by atoms with Crippen LogP contribution in [0.15, 0.2) is 17.1 Å². The first-order chi connectivity index (χ1) is 8.40. The smallest absolute Gasteiger partial charge is 0.252 e. The molecule has 2 rings (SSSR count). The van der Waals surface area contributed by atoms with Gasteiger partial charge in [-0.05, 0) is 49.8 Å². The lowest BCUT2D eigenvalue weighted by Gasteiger charge is -2.10. The van der Waals surface area contributed by atoms with Crippen LogP contribution >= 0.6 is 0 Å². The average Bonchev–Trinajstić information content (AvgIpc) is 2.94. The quantitative estimate of drug-likeness (QED) is 0.612. The molecule has 0 aromatic heterocycles. The van der Waals surface area contributed by atoms with Gasteiger partial charge in [0.2, 0.25) is 0 Å². The molecule has 96 valence electrons. The molecule has 0 saturated heterocycles. The number of carbonyl (C=O) groups is 1. The second-order valence-corrected chi connectivity index (χ2v) is 5.14. The van der Waals surface area contributed by atoms with Crippen molar-refractivity contribution in [1.82, 2.24) is 0 Å². The van der Waals surface area contributed by atoms with E-state index in [0.717, 1.165) is 6.42 Å². The van der Waals surface area contributed by atoms with E-state index in [4.69, 9.17) is 11.5 Å². The SMILES string of the molecule is Cc1cc(C)c(C2CC2C(=O)N=C(N)N)c(C)c1. The molecular formula is C14H19N3O. The van der Waals surface area contributed by atoms with Gasteiger partial charge in [0.05, 0.1) is 0 Å². The Morgan fingerprint density at radius 2 is 1.78 bits per heavy atom. The van der Waals surface area contributed by atoms with Gasteiger partial charge in [0.1, 0.15) is 0 Å². The minimum absolute atomic E-state index is 0.0489. The van der Waals surface area contributed by atoms with Crippen LogP contribution in [0.25, 0.3) is 0 Å². The highest BCUT2D eigenvalue weighted by molar-refractivity contribution is 5.94. The Morgan fingerprint density at radius 3 is 2.28 bits per heavy atom. The number of hydrogen-bond acceptors (Lipinski definition) is 1. The summed E-state index contributed by atoms with van der Waals surface area (Å²) in [4.78, 5) is 15.4. The maximum Gasteiger partial charge on any atom is 0.252 e. The molecule has 0 bridgehead atoms. The summed E-state index contributed by atoms with van der Waals surface area (Å²) in [5.74, 6) is -0.115. The fourth-order valence-corrected chi connectivity index (χ4v) is 2.77. The molecule has 1 saturated carbocycles. The number of aliphatic imine (C=N–C) groups is 1. The molecule has 0 radical (unpaired) electrons. The molecule has 1 aliphatic carbocycles. The Bertz CT molecular complexity index is 507. The zero-order valence-electron chi connectivity index (χ0n) is 11.0. The van der Waals surface area contributed by atoms with Crippen LogP contribution < -0.4 is 11.5 Å². The molecule has 0 aliphatic heterocycles. The third-order valence-corrected chi connectivity index (χ3v) is 3.46. The lowest BCUT2D eigenvalue weighted by atomic mass is 9.95. The van der Waals surface area contributed by atoms with Crippen LogP contribution in [0.2, 0.25) is 0 Å². The van der Waals surface area contributed by atoms with Crippen LogP contribution in [-0.2, 0) is 4.79 Å². The van der Waals surface area contributed by atoms with Crippen LogP contribution in [-0.4, -0.2) is 11.9 Å². The van der Waals surface area contributed by atoms with E-state index >= 15 is 0 Å². The highest BCUT2D eigenvalue weighted by Crippen LogP contribution is 2.50. The van der Waals surface area contributed by atoms with Crippen LogP contribution in [0.3, 0.4) is 0 Å². The zero-order valence-corrected chi connectivity index (χ0v) is 11.0. The average molecular weight is 245 g/mol. The first kappa shape index (κ1) is 12.6. The zero-order chi connectivity index (χ0) is 13.4. The number of rotatable bonds is 2. The van der Waals surface area contributed by atoms with Crippen molar-refractivity contribution in [3.8, 4) is 0 Å². The Kier molecular flexibility index (Phi) is 3.11. The van der Waals surface area contributed by atoms with Crippen molar-refractivity contribution < 1.29 is 4.79 Å². The van der Waals surface area contributed by atoms with E-state index in [9.17, 15) is 4.79 Å². The summed E-state index contributed by atoms with van der Waals surface area (Å²) < 4.78 is 0. The summed E-state index contributed by atoms with van der Waals surface area (Å²) in [7, 11) is 0. The molecule has 4 heteroatoms. The van der Waals surface area contributed by atoms with Gasteiger partial charge in [-0.1, -0.05) is 17.7 Å². The summed E-state index contributed by atoms with van der Waals surface area (Å²) in [5.41, 5.74) is 15.5. The number of hydrogen-bond donors (Lipinski definition) is 2. The predicted molar refractivity (Wildman–Crippen MR) is 72.3 cm³/mol. The first-order valence-corrected chi connectivity index (χ1v) is 6.11. The molecule has 4 nitrogen and oxygen atoms in total. The van der Waals surface area contributed by atoms with Crippen molar-refractivity contribution in [2.45, 2.75) is 33.1 Å². The number of amides is 1. The molecule has 2 atom stereocenters. The van der Waals surface area contributed by atoms with Gasteiger partial charge >= 0.3 is 0 Å². The second kappa shape index (κ2) is 4.44. The predicted octanol–water partition coefficient (Wildman–Crippen LogP) is 1.52. The van der Waals surface area contributed by atoms with Crippen molar-refractivity contribution in [2.75, 3.05) is 0 Å². The van der Waals surface area contributed by atoms with Crippen LogP contribution in [0.5, 0.6) is 0 Å². The Hall–Kier alpha value is -1.84. The lowest BCUT2D eigenvalue weighted by Crippen LogP contribution is -2.24. The van der Waals surface area contributed by atoms with Gasteiger partial charge in [0, 0.05) is 5.92 Å². The van der Waals surface area contributed by atoms with E-state index in [0.29, 0.717) is 0 Å². The van der Waals surface area contributed by atoms with Crippen LogP contribution in [0, 0.1) is 26.7 Å². The van der Waals surface area contributed by atoms with Crippen molar-refractivity contribution in [2.24, 2.45) is 22.4 Å². The standard InChI is InChI=1S/C14H19N3O/c1-7-4-8(2)12(9(3)5-7)10-6-11(10)13(18)17-14(15)16/h4-5,10-11H,6H2,1-3H3,(H4,15,16,17,18). The molecule has 1 fully saturated rings. The van der Waals surface area contributed by atoms with Crippen molar-refractivity contribution in [3.05, 3.63) is 34.4 Å². The van der Waals surface area contributed by atoms with Crippen molar-refractivity contribution >= 4 is 11.9 Å². The maximum atomic E-state index is 11.7. The number of guanidine groups is 1. The van der Waals surface area contributed by atoms with E-state index < -0.39 is 0 Å². The Morgan fingerprint density at radius 1 is 1.22 bits per heavy atom. The van der Waals surface area contributed by atoms with Crippen LogP contribution in [0.4, 0.5) is 0 Å². The number of aryl methyl sites for hydroxylation is 3. The molecule has 4 N–H and O–H groups in total. The van der Waals surface area contributed by atoms with Gasteiger partial charge in [-0.15, -0.1) is 0 Å². The Labute approximate surface area is 107 Å². The number of nitrogens with zero attached hydrogens (tertiary/aromatic N) is 1. The van der Waals surface area contributed by atoms with Gasteiger partial charge in [-0.3, -0.25) is 4.79 Å². The molecule has 0 spiro atoms. The van der Waals surface area contributed by atoms with E-state index in [1.54, 1.807) is 0 Å². The van der Waals surface area contributed by atoms with Crippen LogP contribution in [0.1, 0.15) is 34.6 Å². The summed E-state index contributed by atoms with van der Waals surface area (Å²) in [6.45, 7) is 6.27. The van der Waals surface area contributed by atoms with E-state index in [-0.39, 0.29) is 23.7 Å². The van der Waals surface area contributed by atoms with Gasteiger partial charge < -0.3 is 11.5 Å². The lowest BCUT2D eigenvalue weighted by molar-refractivity contribution is -0.119. The molecule has 1 aromatic rings. The molecular weight excluding hydrogens is 226 g/mol. The Balaban J connectivity index is 2.22. The minimum Gasteiger partial charge on any atom is -0.370 e. The first-order valence-electron chi connectivity index (χ1n) is 6.11. The number of nitrogens with two attached hydrogens (primary N) is 2. The van der Waals surface area contributed by atoms with Gasteiger partial charge in [0.25, 0.3) is 5.91 Å². The maximum absolute atomic E-state index is 11.7.